The molecule has 0 saturated heterocycles. The van der Waals surface area contributed by atoms with Crippen molar-refractivity contribution in [1.29, 1.82) is 0 Å². The molecule has 1 N–H and O–H groups in total. The predicted molar refractivity (Wildman–Crippen MR) is 71.8 cm³/mol. The summed E-state index contributed by atoms with van der Waals surface area (Å²) in [5.74, 6) is 0.594. The van der Waals surface area contributed by atoms with Crippen LogP contribution >= 0.6 is 0 Å². The van der Waals surface area contributed by atoms with Gasteiger partial charge in [-0.05, 0) is 11.3 Å². The SMILES string of the molecule is CC(CNc1nn(C)c(=O)n(C)c1=O)C(C)(C)C. The van der Waals surface area contributed by atoms with Crippen molar-refractivity contribution in [3.63, 3.8) is 0 Å². The van der Waals surface area contributed by atoms with Gasteiger partial charge in [0.05, 0.1) is 0 Å². The third-order valence-corrected chi connectivity index (χ3v) is 3.38. The maximum absolute atomic E-state index is 11.8. The Kier molecular flexibility index (Phi) is 3.98. The number of aryl methyl sites for hydroxylation is 1. The number of hydrogen-bond donors (Lipinski definition) is 1. The summed E-state index contributed by atoms with van der Waals surface area (Å²) in [4.78, 5) is 23.3. The van der Waals surface area contributed by atoms with Crippen molar-refractivity contribution < 1.29 is 0 Å². The zero-order chi connectivity index (χ0) is 14.1. The molecule has 1 heterocycles. The first kappa shape index (κ1) is 14.5. The first-order valence-corrected chi connectivity index (χ1v) is 6.02. The molecule has 1 rings (SSSR count). The molecule has 1 atom stereocenters. The molecule has 0 aromatic carbocycles. The van der Waals surface area contributed by atoms with Crippen molar-refractivity contribution in [2.75, 3.05) is 11.9 Å². The summed E-state index contributed by atoms with van der Waals surface area (Å²) >= 11 is 0. The van der Waals surface area contributed by atoms with Crippen molar-refractivity contribution in [2.24, 2.45) is 25.4 Å². The van der Waals surface area contributed by atoms with Crippen molar-refractivity contribution in [2.45, 2.75) is 27.7 Å². The number of rotatable bonds is 3. The fourth-order valence-electron chi connectivity index (χ4n) is 1.37. The number of aromatic nitrogens is 3. The van der Waals surface area contributed by atoms with Gasteiger partial charge in [0.2, 0.25) is 5.82 Å². The van der Waals surface area contributed by atoms with Gasteiger partial charge in [-0.3, -0.25) is 9.36 Å². The lowest BCUT2D eigenvalue weighted by atomic mass is 9.82. The molecule has 6 nitrogen and oxygen atoms in total. The van der Waals surface area contributed by atoms with Crippen molar-refractivity contribution in [3.05, 3.63) is 20.8 Å². The van der Waals surface area contributed by atoms with Crippen LogP contribution in [-0.4, -0.2) is 20.9 Å². The lowest BCUT2D eigenvalue weighted by Gasteiger charge is -2.27. The second kappa shape index (κ2) is 4.96. The highest BCUT2D eigenvalue weighted by atomic mass is 16.2. The van der Waals surface area contributed by atoms with Gasteiger partial charge in [0.1, 0.15) is 0 Å². The molecule has 0 bridgehead atoms. The molecule has 1 aromatic heterocycles. The Bertz CT molecular complexity index is 536. The van der Waals surface area contributed by atoms with Crippen LogP contribution in [0.3, 0.4) is 0 Å². The van der Waals surface area contributed by atoms with E-state index in [0.717, 1.165) is 9.25 Å². The molecule has 0 aliphatic heterocycles. The Balaban J connectivity index is 2.94. The molecule has 6 heteroatoms. The smallest absolute Gasteiger partial charge is 0.346 e. The number of nitrogens with one attached hydrogen (secondary N) is 1. The molecule has 18 heavy (non-hydrogen) atoms. The average Bonchev–Trinajstić information content (AvgIpc) is 2.27. The van der Waals surface area contributed by atoms with Crippen molar-refractivity contribution >= 4 is 5.82 Å². The van der Waals surface area contributed by atoms with Crippen LogP contribution in [0.15, 0.2) is 9.59 Å². The molecule has 1 aromatic rings. The van der Waals surface area contributed by atoms with Crippen molar-refractivity contribution in [1.82, 2.24) is 14.3 Å². The average molecular weight is 254 g/mol. The van der Waals surface area contributed by atoms with Gasteiger partial charge in [0.25, 0.3) is 5.56 Å². The molecule has 0 fully saturated rings. The zero-order valence-corrected chi connectivity index (χ0v) is 11.9. The highest BCUT2D eigenvalue weighted by Crippen LogP contribution is 2.24. The summed E-state index contributed by atoms with van der Waals surface area (Å²) in [7, 11) is 2.98. The molecule has 0 amide bonds. The molecule has 102 valence electrons. The van der Waals surface area contributed by atoms with Crippen LogP contribution < -0.4 is 16.6 Å². The lowest BCUT2D eigenvalue weighted by Crippen LogP contribution is -2.40. The molecular formula is C12H22N4O2. The fraction of sp³-hybridized carbons (Fsp3) is 0.750. The first-order valence-electron chi connectivity index (χ1n) is 6.02. The van der Waals surface area contributed by atoms with Crippen LogP contribution in [-0.2, 0) is 14.1 Å². The summed E-state index contributed by atoms with van der Waals surface area (Å²) in [6.45, 7) is 9.19. The van der Waals surface area contributed by atoms with Crippen LogP contribution in [0.2, 0.25) is 0 Å². The Morgan fingerprint density at radius 1 is 1.28 bits per heavy atom. The fourth-order valence-corrected chi connectivity index (χ4v) is 1.37. The Hall–Kier alpha value is -1.59. The summed E-state index contributed by atoms with van der Waals surface area (Å²) in [5, 5.41) is 6.97. The second-order valence-corrected chi connectivity index (χ2v) is 5.77. The third kappa shape index (κ3) is 3.00. The second-order valence-electron chi connectivity index (χ2n) is 5.77. The lowest BCUT2D eigenvalue weighted by molar-refractivity contribution is 0.274. The highest BCUT2D eigenvalue weighted by Gasteiger charge is 2.20. The Morgan fingerprint density at radius 2 is 1.83 bits per heavy atom. The van der Waals surface area contributed by atoms with Crippen LogP contribution in [0, 0.1) is 11.3 Å². The van der Waals surface area contributed by atoms with E-state index in [-0.39, 0.29) is 16.8 Å². The van der Waals surface area contributed by atoms with E-state index < -0.39 is 5.69 Å². The molecule has 0 aliphatic rings. The first-order chi connectivity index (χ1) is 8.14. The predicted octanol–water partition coefficient (Wildman–Crippen LogP) is 0.573. The van der Waals surface area contributed by atoms with Crippen LogP contribution in [0.25, 0.3) is 0 Å². The van der Waals surface area contributed by atoms with E-state index in [4.69, 9.17) is 0 Å². The van der Waals surface area contributed by atoms with E-state index in [9.17, 15) is 9.59 Å². The maximum Gasteiger partial charge on any atom is 0.346 e. The normalized spacial score (nSPS) is 13.4. The molecule has 0 aliphatic carbocycles. The van der Waals surface area contributed by atoms with Gasteiger partial charge in [0.15, 0.2) is 0 Å². The standard InChI is InChI=1S/C12H22N4O2/c1-8(12(2,3)4)7-13-9-10(17)15(5)11(18)16(6)14-9/h8H,7H2,1-6H3,(H,13,14). The number of hydrogen-bond acceptors (Lipinski definition) is 4. The number of anilines is 1. The van der Waals surface area contributed by atoms with Gasteiger partial charge in [-0.1, -0.05) is 27.7 Å². The van der Waals surface area contributed by atoms with E-state index in [1.165, 1.54) is 14.1 Å². The largest absolute Gasteiger partial charge is 0.364 e. The summed E-state index contributed by atoms with van der Waals surface area (Å²) < 4.78 is 2.21. The van der Waals surface area contributed by atoms with Crippen LogP contribution in [0.1, 0.15) is 27.7 Å². The van der Waals surface area contributed by atoms with Gasteiger partial charge in [-0.15, -0.1) is 5.10 Å². The zero-order valence-electron chi connectivity index (χ0n) is 11.9. The van der Waals surface area contributed by atoms with Gasteiger partial charge < -0.3 is 5.32 Å². The van der Waals surface area contributed by atoms with Crippen LogP contribution in [0.4, 0.5) is 5.82 Å². The number of nitrogens with zero attached hydrogens (tertiary/aromatic N) is 3. The summed E-state index contributed by atoms with van der Waals surface area (Å²) in [6.07, 6.45) is 0. The topological polar surface area (TPSA) is 68.9 Å². The summed E-state index contributed by atoms with van der Waals surface area (Å²) in [5.41, 5.74) is -0.660. The quantitative estimate of drug-likeness (QED) is 0.856. The van der Waals surface area contributed by atoms with E-state index in [1.807, 2.05) is 0 Å². The molecule has 0 spiro atoms. The third-order valence-electron chi connectivity index (χ3n) is 3.38. The van der Waals surface area contributed by atoms with Gasteiger partial charge in [-0.25, -0.2) is 9.48 Å². The molecule has 1 unspecified atom stereocenters. The van der Waals surface area contributed by atoms with Gasteiger partial charge in [-0.2, -0.15) is 0 Å². The van der Waals surface area contributed by atoms with Gasteiger partial charge in [0, 0.05) is 20.6 Å². The minimum absolute atomic E-state index is 0.152. The van der Waals surface area contributed by atoms with Crippen molar-refractivity contribution in [3.8, 4) is 0 Å². The molecular weight excluding hydrogens is 232 g/mol. The van der Waals surface area contributed by atoms with E-state index in [1.54, 1.807) is 0 Å². The maximum atomic E-state index is 11.8. The highest BCUT2D eigenvalue weighted by molar-refractivity contribution is 5.29. The summed E-state index contributed by atoms with van der Waals surface area (Å²) in [6, 6.07) is 0. The Labute approximate surface area is 107 Å². The Morgan fingerprint density at radius 3 is 2.33 bits per heavy atom. The minimum Gasteiger partial charge on any atom is -0.364 e. The van der Waals surface area contributed by atoms with Gasteiger partial charge >= 0.3 is 5.69 Å². The molecule has 0 radical (unpaired) electrons. The van der Waals surface area contributed by atoms with E-state index >= 15 is 0 Å². The monoisotopic (exact) mass is 254 g/mol. The molecule has 0 saturated carbocycles. The van der Waals surface area contributed by atoms with E-state index in [0.29, 0.717) is 12.5 Å². The van der Waals surface area contributed by atoms with Crippen LogP contribution in [0.5, 0.6) is 0 Å². The minimum atomic E-state index is -0.422. The van der Waals surface area contributed by atoms with E-state index in [2.05, 4.69) is 38.1 Å².